The van der Waals surface area contributed by atoms with Crippen molar-refractivity contribution in [3.8, 4) is 11.6 Å². The lowest BCUT2D eigenvalue weighted by molar-refractivity contribution is -0.384. The van der Waals surface area contributed by atoms with Crippen molar-refractivity contribution in [2.45, 2.75) is 13.3 Å². The van der Waals surface area contributed by atoms with Gasteiger partial charge in [-0.15, -0.1) is 0 Å². The van der Waals surface area contributed by atoms with E-state index in [9.17, 15) is 10.1 Å². The summed E-state index contributed by atoms with van der Waals surface area (Å²) < 4.78 is 5.52. The highest BCUT2D eigenvalue weighted by Crippen LogP contribution is 2.23. The van der Waals surface area contributed by atoms with Gasteiger partial charge in [-0.1, -0.05) is 6.92 Å². The molecule has 0 aliphatic heterocycles. The van der Waals surface area contributed by atoms with Crippen LogP contribution in [-0.2, 0) is 0 Å². The maximum absolute atomic E-state index is 10.6. The standard InChI is InChI=1S/C13H14N4O3/c1-2-7-14-12-8-13(16-9-15-12)20-11-5-3-10(4-6-11)17(18)19/h3-6,8-9H,2,7H2,1H3,(H,14,15,16). The highest BCUT2D eigenvalue weighted by atomic mass is 16.6. The minimum atomic E-state index is -0.457. The van der Waals surface area contributed by atoms with Crippen molar-refractivity contribution in [3.63, 3.8) is 0 Å². The molecule has 0 saturated carbocycles. The van der Waals surface area contributed by atoms with E-state index in [-0.39, 0.29) is 5.69 Å². The molecule has 0 aliphatic carbocycles. The number of benzene rings is 1. The molecule has 20 heavy (non-hydrogen) atoms. The largest absolute Gasteiger partial charge is 0.439 e. The van der Waals surface area contributed by atoms with Gasteiger partial charge in [0.05, 0.1) is 4.92 Å². The third-order valence-corrected chi connectivity index (χ3v) is 2.47. The predicted molar refractivity (Wildman–Crippen MR) is 74.0 cm³/mol. The molecule has 2 rings (SSSR count). The third-order valence-electron chi connectivity index (χ3n) is 2.47. The van der Waals surface area contributed by atoms with Gasteiger partial charge in [0.15, 0.2) is 0 Å². The Morgan fingerprint density at radius 3 is 2.70 bits per heavy atom. The Balaban J connectivity index is 2.07. The molecule has 0 amide bonds. The lowest BCUT2D eigenvalue weighted by Crippen LogP contribution is -2.02. The van der Waals surface area contributed by atoms with Crippen molar-refractivity contribution in [2.24, 2.45) is 0 Å². The van der Waals surface area contributed by atoms with Crippen LogP contribution in [0.1, 0.15) is 13.3 Å². The van der Waals surface area contributed by atoms with Gasteiger partial charge in [0, 0.05) is 24.7 Å². The predicted octanol–water partition coefficient (Wildman–Crippen LogP) is 3.00. The molecule has 104 valence electrons. The Morgan fingerprint density at radius 1 is 1.30 bits per heavy atom. The fourth-order valence-electron chi connectivity index (χ4n) is 1.50. The second-order valence-electron chi connectivity index (χ2n) is 4.02. The molecular weight excluding hydrogens is 260 g/mol. The van der Waals surface area contributed by atoms with Crippen molar-refractivity contribution < 1.29 is 9.66 Å². The first-order valence-corrected chi connectivity index (χ1v) is 6.17. The highest BCUT2D eigenvalue weighted by molar-refractivity contribution is 5.40. The summed E-state index contributed by atoms with van der Waals surface area (Å²) in [7, 11) is 0. The lowest BCUT2D eigenvalue weighted by Gasteiger charge is -2.07. The molecule has 7 heteroatoms. The molecule has 0 radical (unpaired) electrons. The molecular formula is C13H14N4O3. The number of nitro groups is 1. The quantitative estimate of drug-likeness (QED) is 0.643. The first kappa shape index (κ1) is 13.7. The van der Waals surface area contributed by atoms with Crippen molar-refractivity contribution in [1.82, 2.24) is 9.97 Å². The summed E-state index contributed by atoms with van der Waals surface area (Å²) in [4.78, 5) is 18.2. The Hall–Kier alpha value is -2.70. The minimum Gasteiger partial charge on any atom is -0.439 e. The first-order chi connectivity index (χ1) is 9.69. The van der Waals surface area contributed by atoms with Crippen LogP contribution in [0.25, 0.3) is 0 Å². The second kappa shape index (κ2) is 6.46. The number of aromatic nitrogens is 2. The summed E-state index contributed by atoms with van der Waals surface area (Å²) in [6.07, 6.45) is 2.39. The van der Waals surface area contributed by atoms with E-state index in [1.165, 1.54) is 30.6 Å². The average Bonchev–Trinajstić information content (AvgIpc) is 2.46. The number of nitrogens with one attached hydrogen (secondary N) is 1. The summed E-state index contributed by atoms with van der Waals surface area (Å²) in [5, 5.41) is 13.7. The molecule has 0 unspecified atom stereocenters. The first-order valence-electron chi connectivity index (χ1n) is 6.17. The molecule has 0 bridgehead atoms. The summed E-state index contributed by atoms with van der Waals surface area (Å²) >= 11 is 0. The number of non-ortho nitro benzene ring substituents is 1. The molecule has 7 nitrogen and oxygen atoms in total. The summed E-state index contributed by atoms with van der Waals surface area (Å²) in [5.41, 5.74) is 0.0188. The normalized spacial score (nSPS) is 10.1. The van der Waals surface area contributed by atoms with Crippen LogP contribution in [0.2, 0.25) is 0 Å². The molecule has 1 aromatic carbocycles. The van der Waals surface area contributed by atoms with Gasteiger partial charge in [-0.3, -0.25) is 10.1 Å². The van der Waals surface area contributed by atoms with E-state index < -0.39 is 4.92 Å². The van der Waals surface area contributed by atoms with Gasteiger partial charge in [0.2, 0.25) is 5.88 Å². The minimum absolute atomic E-state index is 0.0188. The van der Waals surface area contributed by atoms with Crippen LogP contribution in [0.5, 0.6) is 11.6 Å². The van der Waals surface area contributed by atoms with Crippen molar-refractivity contribution >= 4 is 11.5 Å². The monoisotopic (exact) mass is 274 g/mol. The Kier molecular flexibility index (Phi) is 4.43. The van der Waals surface area contributed by atoms with Gasteiger partial charge >= 0.3 is 0 Å². The number of hydrogen-bond donors (Lipinski definition) is 1. The number of nitro benzene ring substituents is 1. The van der Waals surface area contributed by atoms with Gasteiger partial charge < -0.3 is 10.1 Å². The van der Waals surface area contributed by atoms with Crippen LogP contribution in [-0.4, -0.2) is 21.4 Å². The van der Waals surface area contributed by atoms with E-state index in [0.717, 1.165) is 13.0 Å². The summed E-state index contributed by atoms with van der Waals surface area (Å²) in [5.74, 6) is 1.54. The average molecular weight is 274 g/mol. The van der Waals surface area contributed by atoms with Crippen LogP contribution in [0.15, 0.2) is 36.7 Å². The van der Waals surface area contributed by atoms with E-state index in [2.05, 4.69) is 22.2 Å². The lowest BCUT2D eigenvalue weighted by atomic mass is 10.3. The van der Waals surface area contributed by atoms with Gasteiger partial charge in [-0.05, 0) is 18.6 Å². The second-order valence-corrected chi connectivity index (χ2v) is 4.02. The Bertz CT molecular complexity index is 586. The van der Waals surface area contributed by atoms with Crippen LogP contribution in [0, 0.1) is 10.1 Å². The molecule has 0 atom stereocenters. The molecule has 1 heterocycles. The van der Waals surface area contributed by atoms with E-state index >= 15 is 0 Å². The number of nitrogens with zero attached hydrogens (tertiary/aromatic N) is 3. The third kappa shape index (κ3) is 3.64. The molecule has 1 N–H and O–H groups in total. The van der Waals surface area contributed by atoms with Crippen LogP contribution in [0.4, 0.5) is 11.5 Å². The van der Waals surface area contributed by atoms with E-state index in [1.54, 1.807) is 6.07 Å². The zero-order valence-corrected chi connectivity index (χ0v) is 10.9. The summed E-state index contributed by atoms with van der Waals surface area (Å²) in [6.45, 7) is 2.87. The fraction of sp³-hybridized carbons (Fsp3) is 0.231. The van der Waals surface area contributed by atoms with E-state index in [0.29, 0.717) is 17.4 Å². The highest BCUT2D eigenvalue weighted by Gasteiger charge is 2.06. The topological polar surface area (TPSA) is 90.2 Å². The summed E-state index contributed by atoms with van der Waals surface area (Å²) in [6, 6.07) is 7.50. The molecule has 0 aliphatic rings. The molecule has 0 saturated heterocycles. The van der Waals surface area contributed by atoms with Gasteiger partial charge in [0.1, 0.15) is 17.9 Å². The number of rotatable bonds is 6. The van der Waals surface area contributed by atoms with E-state index in [1.807, 2.05) is 0 Å². The van der Waals surface area contributed by atoms with Gasteiger partial charge in [-0.25, -0.2) is 9.97 Å². The molecule has 2 aromatic rings. The Labute approximate surface area is 115 Å². The van der Waals surface area contributed by atoms with Crippen molar-refractivity contribution in [2.75, 3.05) is 11.9 Å². The number of anilines is 1. The van der Waals surface area contributed by atoms with Crippen LogP contribution >= 0.6 is 0 Å². The zero-order chi connectivity index (χ0) is 14.4. The smallest absolute Gasteiger partial charge is 0.269 e. The number of hydrogen-bond acceptors (Lipinski definition) is 6. The zero-order valence-electron chi connectivity index (χ0n) is 10.9. The van der Waals surface area contributed by atoms with Crippen LogP contribution < -0.4 is 10.1 Å². The van der Waals surface area contributed by atoms with Crippen molar-refractivity contribution in [1.29, 1.82) is 0 Å². The maximum atomic E-state index is 10.6. The Morgan fingerprint density at radius 2 is 2.05 bits per heavy atom. The maximum Gasteiger partial charge on any atom is 0.269 e. The molecule has 0 fully saturated rings. The van der Waals surface area contributed by atoms with Crippen molar-refractivity contribution in [3.05, 3.63) is 46.8 Å². The van der Waals surface area contributed by atoms with Gasteiger partial charge in [-0.2, -0.15) is 0 Å². The fourth-order valence-corrected chi connectivity index (χ4v) is 1.50. The molecule has 1 aromatic heterocycles. The van der Waals surface area contributed by atoms with E-state index in [4.69, 9.17) is 4.74 Å². The number of ether oxygens (including phenoxy) is 1. The van der Waals surface area contributed by atoms with Crippen LogP contribution in [0.3, 0.4) is 0 Å². The SMILES string of the molecule is CCCNc1cc(Oc2ccc([N+](=O)[O-])cc2)ncn1. The molecule has 0 spiro atoms. The van der Waals surface area contributed by atoms with Gasteiger partial charge in [0.25, 0.3) is 5.69 Å².